The fourth-order valence-electron chi connectivity index (χ4n) is 6.46. The van der Waals surface area contributed by atoms with Crippen molar-refractivity contribution in [2.24, 2.45) is 5.92 Å². The van der Waals surface area contributed by atoms with Crippen LogP contribution in [0.1, 0.15) is 24.3 Å². The summed E-state index contributed by atoms with van der Waals surface area (Å²) in [5, 5.41) is 1.27. The first-order valence-electron chi connectivity index (χ1n) is 11.1. The van der Waals surface area contributed by atoms with Gasteiger partial charge in [-0.05, 0) is 61.7 Å². The van der Waals surface area contributed by atoms with Crippen LogP contribution in [0.4, 0.5) is 5.69 Å². The highest BCUT2D eigenvalue weighted by Gasteiger charge is 2.53. The van der Waals surface area contributed by atoms with Gasteiger partial charge in [0, 0.05) is 41.8 Å². The van der Waals surface area contributed by atoms with Crippen LogP contribution in [0.5, 0.6) is 11.5 Å². The highest BCUT2D eigenvalue weighted by atomic mass is 16.7. The number of ether oxygens (including phenoxy) is 2. The number of piperidine rings is 3. The second-order valence-electron chi connectivity index (χ2n) is 9.07. The molecule has 3 atom stereocenters. The number of benzene rings is 2. The van der Waals surface area contributed by atoms with Crippen molar-refractivity contribution in [3.63, 3.8) is 0 Å². The Hall–Kier alpha value is -2.79. The molecule has 0 spiro atoms. The minimum atomic E-state index is 0.332. The van der Waals surface area contributed by atoms with E-state index in [-0.39, 0.29) is 0 Å². The Bertz CT molecular complexity index is 1120. The van der Waals surface area contributed by atoms with Crippen LogP contribution in [0.3, 0.4) is 0 Å². The molecular weight excluding hydrogens is 374 g/mol. The lowest BCUT2D eigenvalue weighted by Crippen LogP contribution is -2.60. The lowest BCUT2D eigenvalue weighted by molar-refractivity contribution is 0.0356. The molecule has 152 valence electrons. The van der Waals surface area contributed by atoms with Gasteiger partial charge in [-0.3, -0.25) is 9.88 Å². The van der Waals surface area contributed by atoms with E-state index in [0.717, 1.165) is 29.5 Å². The number of hydrogen-bond donors (Lipinski definition) is 0. The molecule has 5 nitrogen and oxygen atoms in total. The van der Waals surface area contributed by atoms with Crippen molar-refractivity contribution >= 4 is 16.6 Å². The van der Waals surface area contributed by atoms with Crippen LogP contribution in [0.25, 0.3) is 10.9 Å². The Balaban J connectivity index is 1.35. The van der Waals surface area contributed by atoms with Gasteiger partial charge in [0.25, 0.3) is 0 Å². The summed E-state index contributed by atoms with van der Waals surface area (Å²) in [6.07, 6.45) is 4.60. The first-order chi connectivity index (χ1) is 14.9. The van der Waals surface area contributed by atoms with E-state index in [9.17, 15) is 0 Å². The molecule has 8 rings (SSSR count). The Morgan fingerprint density at radius 2 is 1.77 bits per heavy atom. The molecule has 1 aromatic heterocycles. The summed E-state index contributed by atoms with van der Waals surface area (Å²) in [7, 11) is 0. The van der Waals surface area contributed by atoms with Gasteiger partial charge in [-0.15, -0.1) is 0 Å². The van der Waals surface area contributed by atoms with Gasteiger partial charge in [-0.25, -0.2) is 0 Å². The smallest absolute Gasteiger partial charge is 0.231 e. The lowest BCUT2D eigenvalue weighted by Gasteiger charge is -2.51. The Morgan fingerprint density at radius 3 is 2.70 bits per heavy atom. The molecule has 4 saturated heterocycles. The van der Waals surface area contributed by atoms with Crippen molar-refractivity contribution in [1.82, 2.24) is 9.88 Å². The molecule has 0 aliphatic carbocycles. The fraction of sp³-hybridized carbons (Fsp3) is 0.400. The molecule has 0 radical (unpaired) electrons. The van der Waals surface area contributed by atoms with Gasteiger partial charge >= 0.3 is 0 Å². The summed E-state index contributed by atoms with van der Waals surface area (Å²) in [5.41, 5.74) is 3.80. The first kappa shape index (κ1) is 16.9. The summed E-state index contributed by atoms with van der Waals surface area (Å²) < 4.78 is 11.3. The third-order valence-electron chi connectivity index (χ3n) is 7.75. The summed E-state index contributed by atoms with van der Waals surface area (Å²) >= 11 is 0. The summed E-state index contributed by atoms with van der Waals surface area (Å²) in [6, 6.07) is 18.5. The Labute approximate surface area is 176 Å². The number of pyridine rings is 1. The maximum atomic E-state index is 5.71. The number of rotatable bonds is 2. The van der Waals surface area contributed by atoms with Crippen molar-refractivity contribution in [1.29, 1.82) is 0 Å². The van der Waals surface area contributed by atoms with Gasteiger partial charge in [-0.2, -0.15) is 0 Å². The standard InChI is InChI=1S/C25H25N3O2/c1-2-4-20-18(3-1)21(7-10-26-20)28-14-19(17-5-6-22-23(13-17)30-15-29-22)25-24(28)16-8-11-27(25)12-9-16/h1-7,10,13,16,19,24-25H,8-9,11-12,14-15H2/t19-,24+,25+/m1/s1. The molecular formula is C25H25N3O2. The van der Waals surface area contributed by atoms with E-state index in [4.69, 9.17) is 9.47 Å². The molecule has 5 heteroatoms. The van der Waals surface area contributed by atoms with Crippen molar-refractivity contribution in [2.45, 2.75) is 30.8 Å². The Morgan fingerprint density at radius 1 is 0.900 bits per heavy atom. The molecule has 2 bridgehead atoms. The molecule has 2 aromatic carbocycles. The molecule has 0 saturated carbocycles. The highest BCUT2D eigenvalue weighted by Crippen LogP contribution is 2.49. The second-order valence-corrected chi connectivity index (χ2v) is 9.07. The average molecular weight is 399 g/mol. The van der Waals surface area contributed by atoms with Crippen LogP contribution >= 0.6 is 0 Å². The highest BCUT2D eigenvalue weighted by molar-refractivity contribution is 5.92. The van der Waals surface area contributed by atoms with Crippen LogP contribution in [-0.4, -0.2) is 48.4 Å². The van der Waals surface area contributed by atoms with Crippen molar-refractivity contribution in [3.05, 3.63) is 60.3 Å². The molecule has 6 heterocycles. The van der Waals surface area contributed by atoms with Gasteiger partial charge in [0.15, 0.2) is 11.5 Å². The molecule has 0 amide bonds. The minimum absolute atomic E-state index is 0.332. The van der Waals surface area contributed by atoms with E-state index in [1.165, 1.54) is 42.6 Å². The number of hydrogen-bond acceptors (Lipinski definition) is 5. The summed E-state index contributed by atoms with van der Waals surface area (Å²) in [6.45, 7) is 3.84. The van der Waals surface area contributed by atoms with Crippen LogP contribution in [0.2, 0.25) is 0 Å². The van der Waals surface area contributed by atoms with Crippen LogP contribution in [0, 0.1) is 5.92 Å². The molecule has 0 unspecified atom stereocenters. The van der Waals surface area contributed by atoms with Gasteiger partial charge in [-0.1, -0.05) is 24.3 Å². The van der Waals surface area contributed by atoms with Gasteiger partial charge in [0.2, 0.25) is 6.79 Å². The zero-order valence-corrected chi connectivity index (χ0v) is 16.9. The Kier molecular flexibility index (Phi) is 3.59. The molecule has 0 N–H and O–H groups in total. The maximum Gasteiger partial charge on any atom is 0.231 e. The van der Waals surface area contributed by atoms with E-state index in [2.05, 4.69) is 63.3 Å². The van der Waals surface area contributed by atoms with Crippen molar-refractivity contribution in [2.75, 3.05) is 31.3 Å². The monoisotopic (exact) mass is 399 g/mol. The predicted octanol–water partition coefficient (Wildman–Crippen LogP) is 4.03. The predicted molar refractivity (Wildman–Crippen MR) is 116 cm³/mol. The van der Waals surface area contributed by atoms with Gasteiger partial charge in [0.1, 0.15) is 0 Å². The molecule has 5 aliphatic rings. The van der Waals surface area contributed by atoms with Gasteiger partial charge in [0.05, 0.1) is 5.52 Å². The topological polar surface area (TPSA) is 37.8 Å². The fourth-order valence-corrected chi connectivity index (χ4v) is 6.46. The maximum absolute atomic E-state index is 5.71. The number of anilines is 1. The average Bonchev–Trinajstić information content (AvgIpc) is 3.45. The van der Waals surface area contributed by atoms with Crippen molar-refractivity contribution in [3.8, 4) is 11.5 Å². The zero-order valence-electron chi connectivity index (χ0n) is 16.9. The largest absolute Gasteiger partial charge is 0.454 e. The second kappa shape index (κ2) is 6.35. The normalized spacial score (nSPS) is 31.3. The summed E-state index contributed by atoms with van der Waals surface area (Å²) in [5.74, 6) is 3.01. The van der Waals surface area contributed by atoms with E-state index in [0.29, 0.717) is 24.8 Å². The number of para-hydroxylation sites is 1. The quantitative estimate of drug-likeness (QED) is 0.650. The van der Waals surface area contributed by atoms with Crippen LogP contribution < -0.4 is 14.4 Å². The third kappa shape index (κ3) is 2.36. The van der Waals surface area contributed by atoms with E-state index >= 15 is 0 Å². The number of aromatic nitrogens is 1. The minimum Gasteiger partial charge on any atom is -0.454 e. The van der Waals surface area contributed by atoms with Gasteiger partial charge < -0.3 is 14.4 Å². The lowest BCUT2D eigenvalue weighted by atomic mass is 9.75. The first-order valence-corrected chi connectivity index (χ1v) is 11.1. The zero-order chi connectivity index (χ0) is 19.7. The van der Waals surface area contributed by atoms with Crippen molar-refractivity contribution < 1.29 is 9.47 Å². The van der Waals surface area contributed by atoms with E-state index < -0.39 is 0 Å². The van der Waals surface area contributed by atoms with E-state index in [1.54, 1.807) is 0 Å². The SMILES string of the molecule is c1ccc2c(N3C[C@H](c4ccc5c(c4)OCO5)[C@H]4[C@@H]3C3CCN4CC3)ccnc2c1. The third-order valence-corrected chi connectivity index (χ3v) is 7.75. The van der Waals surface area contributed by atoms with Crippen LogP contribution in [-0.2, 0) is 0 Å². The molecule has 3 aromatic rings. The number of nitrogens with zero attached hydrogens (tertiary/aromatic N) is 3. The van der Waals surface area contributed by atoms with Crippen LogP contribution in [0.15, 0.2) is 54.7 Å². The van der Waals surface area contributed by atoms with E-state index in [1.807, 2.05) is 6.20 Å². The molecule has 30 heavy (non-hydrogen) atoms. The number of fused-ring (bicyclic) bond motifs is 4. The molecule has 5 aliphatic heterocycles. The molecule has 4 fully saturated rings. The summed E-state index contributed by atoms with van der Waals surface area (Å²) in [4.78, 5) is 10.1.